The van der Waals surface area contributed by atoms with Gasteiger partial charge in [0, 0.05) is 19.3 Å². The minimum absolute atomic E-state index is 0.00740. The third-order valence-corrected chi connectivity index (χ3v) is 4.09. The summed E-state index contributed by atoms with van der Waals surface area (Å²) in [6.45, 7) is 2.73. The van der Waals surface area contributed by atoms with Crippen LogP contribution in [0.2, 0.25) is 0 Å². The van der Waals surface area contributed by atoms with Crippen molar-refractivity contribution in [2.24, 2.45) is 0 Å². The first-order chi connectivity index (χ1) is 9.55. The lowest BCUT2D eigenvalue weighted by Crippen LogP contribution is -2.23. The molecule has 1 aromatic heterocycles. The Balaban J connectivity index is 2.07. The molecule has 0 aliphatic rings. The Morgan fingerprint density at radius 3 is 2.60 bits per heavy atom. The zero-order valence-corrected chi connectivity index (χ0v) is 11.8. The molecule has 0 fully saturated rings. The lowest BCUT2D eigenvalue weighted by atomic mass is 10.1. The zero-order chi connectivity index (χ0) is 14.6. The first-order valence-electron chi connectivity index (χ1n) is 6.05. The molecular formula is C13H14N4O2S. The lowest BCUT2D eigenvalue weighted by Gasteiger charge is -2.04. The first kappa shape index (κ1) is 14.2. The maximum atomic E-state index is 12.0. The van der Waals surface area contributed by atoms with Crippen molar-refractivity contribution in [3.05, 3.63) is 47.9 Å². The molecule has 0 aliphatic heterocycles. The number of rotatable bonds is 5. The largest absolute Gasteiger partial charge is 0.336 e. The van der Waals surface area contributed by atoms with Crippen molar-refractivity contribution < 1.29 is 8.42 Å². The van der Waals surface area contributed by atoms with Gasteiger partial charge in [0.25, 0.3) is 10.0 Å². The summed E-state index contributed by atoms with van der Waals surface area (Å²) >= 11 is 0. The van der Waals surface area contributed by atoms with E-state index in [0.717, 1.165) is 5.56 Å². The van der Waals surface area contributed by atoms with Gasteiger partial charge >= 0.3 is 0 Å². The van der Waals surface area contributed by atoms with Crippen molar-refractivity contribution in [3.63, 3.8) is 0 Å². The molecule has 0 aliphatic carbocycles. The highest BCUT2D eigenvalue weighted by molar-refractivity contribution is 7.89. The quantitative estimate of drug-likeness (QED) is 0.897. The molecule has 0 radical (unpaired) electrons. The van der Waals surface area contributed by atoms with Crippen LogP contribution >= 0.6 is 0 Å². The predicted octanol–water partition coefficient (Wildman–Crippen LogP) is 1.25. The third-order valence-electron chi connectivity index (χ3n) is 2.80. The minimum atomic E-state index is -3.61. The zero-order valence-electron chi connectivity index (χ0n) is 10.9. The Hall–Kier alpha value is -2.17. The summed E-state index contributed by atoms with van der Waals surface area (Å²) in [7, 11) is -3.61. The number of benzene rings is 1. The Morgan fingerprint density at radius 1 is 1.35 bits per heavy atom. The number of sulfonamides is 1. The molecule has 0 saturated heterocycles. The number of hydrogen-bond donors (Lipinski definition) is 1. The van der Waals surface area contributed by atoms with Crippen LogP contribution in [0.3, 0.4) is 0 Å². The van der Waals surface area contributed by atoms with Gasteiger partial charge < -0.3 is 4.57 Å². The predicted molar refractivity (Wildman–Crippen MR) is 73.1 cm³/mol. The Morgan fingerprint density at radius 2 is 2.05 bits per heavy atom. The van der Waals surface area contributed by atoms with Crippen LogP contribution in [-0.2, 0) is 23.1 Å². The van der Waals surface area contributed by atoms with E-state index >= 15 is 0 Å². The van der Waals surface area contributed by atoms with Gasteiger partial charge in [0.15, 0.2) is 5.03 Å². The number of hydrogen-bond acceptors (Lipinski definition) is 4. The molecule has 0 atom stereocenters. The van der Waals surface area contributed by atoms with Crippen LogP contribution in [0, 0.1) is 11.3 Å². The van der Waals surface area contributed by atoms with E-state index in [9.17, 15) is 8.42 Å². The molecule has 0 bridgehead atoms. The Kier molecular flexibility index (Phi) is 4.17. The van der Waals surface area contributed by atoms with E-state index in [4.69, 9.17) is 5.26 Å². The highest BCUT2D eigenvalue weighted by Gasteiger charge is 2.16. The van der Waals surface area contributed by atoms with E-state index in [0.29, 0.717) is 12.1 Å². The monoisotopic (exact) mass is 290 g/mol. The lowest BCUT2D eigenvalue weighted by molar-refractivity contribution is 0.578. The molecule has 0 saturated carbocycles. The normalized spacial score (nSPS) is 11.2. The Labute approximate surface area is 117 Å². The SMILES string of the molecule is CCn1cnc(S(=O)(=O)NCc2ccc(C#N)cc2)c1. The van der Waals surface area contributed by atoms with Crippen LogP contribution in [-0.4, -0.2) is 18.0 Å². The van der Waals surface area contributed by atoms with Gasteiger partial charge in [-0.1, -0.05) is 12.1 Å². The molecule has 1 N–H and O–H groups in total. The average molecular weight is 290 g/mol. The summed E-state index contributed by atoms with van der Waals surface area (Å²) < 4.78 is 28.2. The fraction of sp³-hybridized carbons (Fsp3) is 0.231. The second-order valence-electron chi connectivity index (χ2n) is 4.18. The number of nitrogens with zero attached hydrogens (tertiary/aromatic N) is 3. The van der Waals surface area contributed by atoms with Gasteiger partial charge in [-0.05, 0) is 24.6 Å². The van der Waals surface area contributed by atoms with Crippen molar-refractivity contribution in [2.45, 2.75) is 25.0 Å². The van der Waals surface area contributed by atoms with Crippen LogP contribution in [0.1, 0.15) is 18.1 Å². The topological polar surface area (TPSA) is 87.8 Å². The molecule has 104 valence electrons. The molecule has 0 spiro atoms. The second kappa shape index (κ2) is 5.86. The summed E-state index contributed by atoms with van der Waals surface area (Å²) in [5, 5.41) is 8.70. The van der Waals surface area contributed by atoms with Crippen LogP contribution in [0.25, 0.3) is 0 Å². The molecule has 2 aromatic rings. The van der Waals surface area contributed by atoms with Crippen LogP contribution in [0.5, 0.6) is 0 Å². The van der Waals surface area contributed by atoms with E-state index in [1.807, 2.05) is 13.0 Å². The van der Waals surface area contributed by atoms with Crippen molar-refractivity contribution in [3.8, 4) is 6.07 Å². The molecule has 2 rings (SSSR count). The van der Waals surface area contributed by atoms with Crippen molar-refractivity contribution in [2.75, 3.05) is 0 Å². The molecule has 0 amide bonds. The van der Waals surface area contributed by atoms with Crippen LogP contribution < -0.4 is 4.72 Å². The standard InChI is InChI=1S/C13H14N4O2S/c1-2-17-9-13(15-10-17)20(18,19)16-8-12-5-3-11(7-14)4-6-12/h3-6,9-10,16H,2,8H2,1H3. The van der Waals surface area contributed by atoms with Crippen molar-refractivity contribution in [1.82, 2.24) is 14.3 Å². The van der Waals surface area contributed by atoms with E-state index in [2.05, 4.69) is 9.71 Å². The number of nitrogens with one attached hydrogen (secondary N) is 1. The van der Waals surface area contributed by atoms with Gasteiger partial charge in [0.1, 0.15) is 0 Å². The minimum Gasteiger partial charge on any atom is -0.336 e. The number of aromatic nitrogens is 2. The number of nitriles is 1. The van der Waals surface area contributed by atoms with Gasteiger partial charge in [-0.3, -0.25) is 0 Å². The van der Waals surface area contributed by atoms with Crippen LogP contribution in [0.4, 0.5) is 0 Å². The van der Waals surface area contributed by atoms with Gasteiger partial charge in [-0.15, -0.1) is 0 Å². The summed E-state index contributed by atoms with van der Waals surface area (Å²) in [6.07, 6.45) is 2.97. The highest BCUT2D eigenvalue weighted by atomic mass is 32.2. The fourth-order valence-corrected chi connectivity index (χ4v) is 2.57. The van der Waals surface area contributed by atoms with E-state index < -0.39 is 10.0 Å². The number of imidazole rings is 1. The smallest absolute Gasteiger partial charge is 0.259 e. The molecule has 7 heteroatoms. The summed E-state index contributed by atoms with van der Waals surface area (Å²) in [4.78, 5) is 3.87. The van der Waals surface area contributed by atoms with Gasteiger partial charge in [-0.2, -0.15) is 5.26 Å². The van der Waals surface area contributed by atoms with E-state index in [-0.39, 0.29) is 11.6 Å². The number of aryl methyl sites for hydroxylation is 1. The highest BCUT2D eigenvalue weighted by Crippen LogP contribution is 2.08. The molecule has 20 heavy (non-hydrogen) atoms. The van der Waals surface area contributed by atoms with E-state index in [1.54, 1.807) is 28.8 Å². The summed E-state index contributed by atoms with van der Waals surface area (Å²) in [5.74, 6) is 0. The molecule has 1 heterocycles. The third kappa shape index (κ3) is 3.23. The molecule has 6 nitrogen and oxygen atoms in total. The van der Waals surface area contributed by atoms with Gasteiger partial charge in [0.05, 0.1) is 18.0 Å². The van der Waals surface area contributed by atoms with Gasteiger partial charge in [0.2, 0.25) is 0 Å². The van der Waals surface area contributed by atoms with E-state index in [1.165, 1.54) is 12.5 Å². The molecule has 0 unspecified atom stereocenters. The summed E-state index contributed by atoms with van der Waals surface area (Å²) in [6, 6.07) is 8.73. The second-order valence-corrected chi connectivity index (χ2v) is 5.89. The maximum absolute atomic E-state index is 12.0. The Bertz CT molecular complexity index is 726. The van der Waals surface area contributed by atoms with Crippen molar-refractivity contribution in [1.29, 1.82) is 5.26 Å². The maximum Gasteiger partial charge on any atom is 0.259 e. The fourth-order valence-electron chi connectivity index (χ4n) is 1.60. The molecular weight excluding hydrogens is 276 g/mol. The van der Waals surface area contributed by atoms with Crippen LogP contribution in [0.15, 0.2) is 41.8 Å². The molecule has 1 aromatic carbocycles. The van der Waals surface area contributed by atoms with Gasteiger partial charge in [-0.25, -0.2) is 18.1 Å². The average Bonchev–Trinajstić information content (AvgIpc) is 2.95. The van der Waals surface area contributed by atoms with Crippen molar-refractivity contribution >= 4 is 10.0 Å². The summed E-state index contributed by atoms with van der Waals surface area (Å²) in [5.41, 5.74) is 1.32. The first-order valence-corrected chi connectivity index (χ1v) is 7.54.